The molecule has 6 heteroatoms. The molecule has 94 valence electrons. The van der Waals surface area contributed by atoms with Crippen molar-refractivity contribution in [2.24, 2.45) is 0 Å². The quantitative estimate of drug-likeness (QED) is 0.893. The van der Waals surface area contributed by atoms with E-state index in [2.05, 4.69) is 15.6 Å². The zero-order valence-corrected chi connectivity index (χ0v) is 10.6. The van der Waals surface area contributed by atoms with Crippen molar-refractivity contribution in [2.75, 3.05) is 10.6 Å². The fraction of sp³-hybridized carbons (Fsp3) is 0.167. The van der Waals surface area contributed by atoms with Gasteiger partial charge in [-0.1, -0.05) is 0 Å². The van der Waals surface area contributed by atoms with E-state index in [9.17, 15) is 9.18 Å². The topological polar surface area (TPSA) is 54.0 Å². The Balaban J connectivity index is 2.08. The maximum Gasteiger partial charge on any atom is 0.221 e. The van der Waals surface area contributed by atoms with E-state index in [1.165, 1.54) is 30.4 Å². The number of nitrogens with one attached hydrogen (secondary N) is 2. The number of amides is 1. The molecular formula is C12H12FN3OS. The maximum absolute atomic E-state index is 13.5. The van der Waals surface area contributed by atoms with Crippen molar-refractivity contribution in [1.82, 2.24) is 4.98 Å². The van der Waals surface area contributed by atoms with E-state index in [1.54, 1.807) is 12.3 Å². The summed E-state index contributed by atoms with van der Waals surface area (Å²) in [6.07, 6.45) is 1.70. The van der Waals surface area contributed by atoms with Gasteiger partial charge in [-0.05, 0) is 18.2 Å². The molecule has 0 unspecified atom stereocenters. The lowest BCUT2D eigenvalue weighted by Gasteiger charge is -2.08. The molecule has 1 aromatic heterocycles. The molecule has 2 N–H and O–H groups in total. The smallest absolute Gasteiger partial charge is 0.221 e. The van der Waals surface area contributed by atoms with Gasteiger partial charge in [-0.15, -0.1) is 11.3 Å². The van der Waals surface area contributed by atoms with Crippen LogP contribution in [-0.2, 0) is 11.3 Å². The predicted molar refractivity (Wildman–Crippen MR) is 70.1 cm³/mol. The molecule has 0 fully saturated rings. The molecule has 0 aliphatic rings. The predicted octanol–water partition coefficient (Wildman–Crippen LogP) is 2.85. The third-order valence-corrected chi connectivity index (χ3v) is 2.98. The number of nitrogens with zero attached hydrogens (tertiary/aromatic N) is 1. The van der Waals surface area contributed by atoms with Crippen LogP contribution in [0.2, 0.25) is 0 Å². The molecule has 0 aliphatic carbocycles. The van der Waals surface area contributed by atoms with E-state index in [-0.39, 0.29) is 11.7 Å². The van der Waals surface area contributed by atoms with Gasteiger partial charge in [0, 0.05) is 24.2 Å². The van der Waals surface area contributed by atoms with Gasteiger partial charge in [0.05, 0.1) is 12.2 Å². The first kappa shape index (κ1) is 12.5. The fourth-order valence-corrected chi connectivity index (χ4v) is 2.01. The molecular weight excluding hydrogens is 253 g/mol. The van der Waals surface area contributed by atoms with Crippen LogP contribution < -0.4 is 10.6 Å². The molecule has 0 spiro atoms. The second-order valence-corrected chi connectivity index (χ2v) is 4.63. The van der Waals surface area contributed by atoms with Crippen molar-refractivity contribution in [1.29, 1.82) is 0 Å². The van der Waals surface area contributed by atoms with Gasteiger partial charge in [0.1, 0.15) is 10.8 Å². The standard InChI is InChI=1S/C12H12FN3OS/c1-8(17)16-9-2-3-10(13)11(6-9)15-7-12-14-4-5-18-12/h2-6,15H,7H2,1H3,(H,16,17). The van der Waals surface area contributed by atoms with Crippen molar-refractivity contribution in [2.45, 2.75) is 13.5 Å². The normalized spacial score (nSPS) is 10.1. The average Bonchev–Trinajstić information content (AvgIpc) is 2.82. The lowest BCUT2D eigenvalue weighted by atomic mass is 10.2. The third kappa shape index (κ3) is 3.27. The van der Waals surface area contributed by atoms with Gasteiger partial charge in [-0.25, -0.2) is 9.37 Å². The van der Waals surface area contributed by atoms with Gasteiger partial charge in [0.2, 0.25) is 5.91 Å². The number of anilines is 2. The number of hydrogen-bond acceptors (Lipinski definition) is 4. The SMILES string of the molecule is CC(=O)Nc1ccc(F)c(NCc2nccs2)c1. The summed E-state index contributed by atoms with van der Waals surface area (Å²) in [5, 5.41) is 8.29. The highest BCUT2D eigenvalue weighted by Gasteiger charge is 2.05. The molecule has 0 saturated carbocycles. The number of thiazole rings is 1. The van der Waals surface area contributed by atoms with Crippen LogP contribution in [0.5, 0.6) is 0 Å². The summed E-state index contributed by atoms with van der Waals surface area (Å²) in [7, 11) is 0. The first-order chi connectivity index (χ1) is 8.65. The summed E-state index contributed by atoms with van der Waals surface area (Å²) < 4.78 is 13.5. The van der Waals surface area contributed by atoms with Crippen molar-refractivity contribution in [3.63, 3.8) is 0 Å². The first-order valence-electron chi connectivity index (χ1n) is 5.34. The van der Waals surface area contributed by atoms with Crippen molar-refractivity contribution < 1.29 is 9.18 Å². The van der Waals surface area contributed by atoms with Gasteiger partial charge in [0.15, 0.2) is 0 Å². The third-order valence-electron chi connectivity index (χ3n) is 2.20. The minimum absolute atomic E-state index is 0.188. The summed E-state index contributed by atoms with van der Waals surface area (Å²) in [5.74, 6) is -0.548. The number of benzene rings is 1. The molecule has 18 heavy (non-hydrogen) atoms. The van der Waals surface area contributed by atoms with Crippen molar-refractivity contribution in [3.05, 3.63) is 40.6 Å². The van der Waals surface area contributed by atoms with Crippen LogP contribution in [0.25, 0.3) is 0 Å². The number of carbonyl (C=O) groups is 1. The average molecular weight is 265 g/mol. The number of rotatable bonds is 4. The Morgan fingerprint density at radius 1 is 1.50 bits per heavy atom. The van der Waals surface area contributed by atoms with Crippen LogP contribution in [-0.4, -0.2) is 10.9 Å². The molecule has 1 aromatic carbocycles. The summed E-state index contributed by atoms with van der Waals surface area (Å²) in [6, 6.07) is 4.39. The van der Waals surface area contributed by atoms with Gasteiger partial charge in [-0.2, -0.15) is 0 Å². The van der Waals surface area contributed by atoms with Crippen molar-refractivity contribution in [3.8, 4) is 0 Å². The highest BCUT2D eigenvalue weighted by atomic mass is 32.1. The second-order valence-electron chi connectivity index (χ2n) is 3.66. The molecule has 1 amide bonds. The summed E-state index contributed by atoms with van der Waals surface area (Å²) in [5.41, 5.74) is 0.905. The van der Waals surface area contributed by atoms with Gasteiger partial charge < -0.3 is 10.6 Å². The van der Waals surface area contributed by atoms with Crippen LogP contribution in [0.4, 0.5) is 15.8 Å². The molecule has 2 rings (SSSR count). The maximum atomic E-state index is 13.5. The second kappa shape index (κ2) is 5.59. The summed E-state index contributed by atoms with van der Waals surface area (Å²) in [4.78, 5) is 15.0. The Morgan fingerprint density at radius 3 is 3.00 bits per heavy atom. The van der Waals surface area contributed by atoms with Crippen LogP contribution >= 0.6 is 11.3 Å². The van der Waals surface area contributed by atoms with Crippen LogP contribution in [0.3, 0.4) is 0 Å². The van der Waals surface area contributed by atoms with Crippen molar-refractivity contribution >= 4 is 28.6 Å². The Bertz CT molecular complexity index is 542. The molecule has 0 atom stereocenters. The van der Waals surface area contributed by atoms with Crippen LogP contribution in [0, 0.1) is 5.82 Å². The summed E-state index contributed by atoms with van der Waals surface area (Å²) >= 11 is 1.50. The Labute approximate surface area is 108 Å². The van der Waals surface area contributed by atoms with Gasteiger partial charge >= 0.3 is 0 Å². The molecule has 1 heterocycles. The lowest BCUT2D eigenvalue weighted by molar-refractivity contribution is -0.114. The number of halogens is 1. The van der Waals surface area contributed by atoms with E-state index >= 15 is 0 Å². The van der Waals surface area contributed by atoms with Gasteiger partial charge in [-0.3, -0.25) is 4.79 Å². The fourth-order valence-electron chi connectivity index (χ4n) is 1.45. The minimum atomic E-state index is -0.361. The monoisotopic (exact) mass is 265 g/mol. The molecule has 0 aliphatic heterocycles. The van der Waals surface area contributed by atoms with Gasteiger partial charge in [0.25, 0.3) is 0 Å². The highest BCUT2D eigenvalue weighted by molar-refractivity contribution is 7.09. The molecule has 0 bridgehead atoms. The molecule has 0 radical (unpaired) electrons. The van der Waals surface area contributed by atoms with E-state index in [4.69, 9.17) is 0 Å². The lowest BCUT2D eigenvalue weighted by Crippen LogP contribution is -2.07. The molecule has 0 saturated heterocycles. The van der Waals surface area contributed by atoms with E-state index in [0.717, 1.165) is 5.01 Å². The Hall–Kier alpha value is -1.95. The van der Waals surface area contributed by atoms with E-state index in [1.807, 2.05) is 5.38 Å². The summed E-state index contributed by atoms with van der Waals surface area (Å²) in [6.45, 7) is 1.87. The van der Waals surface area contributed by atoms with E-state index in [0.29, 0.717) is 17.9 Å². The molecule has 2 aromatic rings. The Kier molecular flexibility index (Phi) is 3.88. The largest absolute Gasteiger partial charge is 0.376 e. The zero-order chi connectivity index (χ0) is 13.0. The number of carbonyl (C=O) groups excluding carboxylic acids is 1. The minimum Gasteiger partial charge on any atom is -0.376 e. The number of aromatic nitrogens is 1. The number of hydrogen-bond donors (Lipinski definition) is 2. The van der Waals surface area contributed by atoms with Crippen LogP contribution in [0.1, 0.15) is 11.9 Å². The highest BCUT2D eigenvalue weighted by Crippen LogP contribution is 2.20. The first-order valence-corrected chi connectivity index (χ1v) is 6.22. The molecule has 4 nitrogen and oxygen atoms in total. The zero-order valence-electron chi connectivity index (χ0n) is 9.74. The van der Waals surface area contributed by atoms with Crippen LogP contribution in [0.15, 0.2) is 29.8 Å². The van der Waals surface area contributed by atoms with E-state index < -0.39 is 0 Å². The Morgan fingerprint density at radius 2 is 2.33 bits per heavy atom.